The average Bonchev–Trinajstić information content (AvgIpc) is 3.39. The van der Waals surface area contributed by atoms with Gasteiger partial charge in [-0.1, -0.05) is 0 Å². The maximum atomic E-state index is 12.7. The fraction of sp³-hybridized carbons (Fsp3) is 0.409. The molecule has 32 heavy (non-hydrogen) atoms. The number of anilines is 1. The van der Waals surface area contributed by atoms with Crippen molar-refractivity contribution in [3.8, 4) is 22.3 Å². The van der Waals surface area contributed by atoms with Gasteiger partial charge in [0.05, 0.1) is 0 Å². The summed E-state index contributed by atoms with van der Waals surface area (Å²) in [6.07, 6.45) is 2.97. The number of amides is 2. The first kappa shape index (κ1) is 22.1. The Balaban J connectivity index is 1.43. The molecule has 168 valence electrons. The highest BCUT2D eigenvalue weighted by atomic mass is 32.1. The molecular weight excluding hydrogens is 428 g/mol. The molecule has 1 aliphatic rings. The van der Waals surface area contributed by atoms with Crippen LogP contribution in [0.4, 0.5) is 5.82 Å². The monoisotopic (exact) mass is 454 g/mol. The van der Waals surface area contributed by atoms with Gasteiger partial charge in [0.25, 0.3) is 0 Å². The Kier molecular flexibility index (Phi) is 6.91. The molecule has 0 radical (unpaired) electrons. The first-order chi connectivity index (χ1) is 15.5. The lowest BCUT2D eigenvalue weighted by Crippen LogP contribution is -2.34. The molecule has 4 heterocycles. The number of nitrogens with zero attached hydrogens (tertiary/aromatic N) is 5. The molecule has 4 rings (SSSR count). The lowest BCUT2D eigenvalue weighted by atomic mass is 10.3. The molecule has 0 saturated carbocycles. The molecule has 1 fully saturated rings. The van der Waals surface area contributed by atoms with Gasteiger partial charge >= 0.3 is 0 Å². The number of rotatable bonds is 6. The molecule has 0 atom stereocenters. The van der Waals surface area contributed by atoms with E-state index < -0.39 is 0 Å². The van der Waals surface area contributed by atoms with Gasteiger partial charge in [0.1, 0.15) is 22.3 Å². The molecule has 0 bridgehead atoms. The van der Waals surface area contributed by atoms with Crippen LogP contribution in [0.3, 0.4) is 0 Å². The van der Waals surface area contributed by atoms with Gasteiger partial charge in [0.15, 0.2) is 11.6 Å². The smallest absolute Gasteiger partial charge is 0.226 e. The van der Waals surface area contributed by atoms with Crippen LogP contribution < -0.4 is 5.32 Å². The normalized spacial score (nSPS) is 14.9. The Morgan fingerprint density at radius 3 is 2.78 bits per heavy atom. The molecule has 3 aromatic heterocycles. The largest absolute Gasteiger partial charge is 0.458 e. The number of carbonyl (C=O) groups excluding carboxylic acids is 2. The van der Waals surface area contributed by atoms with E-state index in [0.717, 1.165) is 36.8 Å². The Morgan fingerprint density at radius 2 is 2.06 bits per heavy atom. The van der Waals surface area contributed by atoms with E-state index in [2.05, 4.69) is 25.2 Å². The zero-order valence-corrected chi connectivity index (χ0v) is 19.0. The molecule has 3 aromatic rings. The van der Waals surface area contributed by atoms with Crippen molar-refractivity contribution in [1.82, 2.24) is 24.8 Å². The molecule has 10 heteroatoms. The van der Waals surface area contributed by atoms with Gasteiger partial charge < -0.3 is 19.5 Å². The number of aromatic nitrogens is 3. The van der Waals surface area contributed by atoms with Gasteiger partial charge in [0, 0.05) is 57.2 Å². The van der Waals surface area contributed by atoms with Crippen LogP contribution in [0.2, 0.25) is 0 Å². The fourth-order valence-corrected chi connectivity index (χ4v) is 4.21. The van der Waals surface area contributed by atoms with Crippen LogP contribution in [0.15, 0.2) is 34.2 Å². The summed E-state index contributed by atoms with van der Waals surface area (Å²) in [6, 6.07) is 5.39. The van der Waals surface area contributed by atoms with E-state index in [4.69, 9.17) is 4.42 Å². The van der Waals surface area contributed by atoms with E-state index in [9.17, 15) is 9.59 Å². The third-order valence-electron chi connectivity index (χ3n) is 5.29. The van der Waals surface area contributed by atoms with Crippen molar-refractivity contribution in [3.63, 3.8) is 0 Å². The Morgan fingerprint density at radius 1 is 1.19 bits per heavy atom. The summed E-state index contributed by atoms with van der Waals surface area (Å²) in [6.45, 7) is 7.21. The molecule has 1 N–H and O–H groups in total. The number of hydrogen-bond acceptors (Lipinski definition) is 8. The Hall–Kier alpha value is -3.11. The topological polar surface area (TPSA) is 104 Å². The zero-order valence-electron chi connectivity index (χ0n) is 18.2. The highest BCUT2D eigenvalue weighted by molar-refractivity contribution is 7.13. The molecule has 2 amide bonds. The van der Waals surface area contributed by atoms with Crippen LogP contribution in [-0.2, 0) is 9.59 Å². The average molecular weight is 455 g/mol. The summed E-state index contributed by atoms with van der Waals surface area (Å²) in [5, 5.41) is 5.52. The van der Waals surface area contributed by atoms with Gasteiger partial charge in [0.2, 0.25) is 11.8 Å². The van der Waals surface area contributed by atoms with E-state index in [-0.39, 0.29) is 11.8 Å². The van der Waals surface area contributed by atoms with Gasteiger partial charge in [-0.15, -0.1) is 11.3 Å². The van der Waals surface area contributed by atoms with Crippen LogP contribution in [0.5, 0.6) is 0 Å². The predicted octanol–water partition coefficient (Wildman–Crippen LogP) is 3.05. The van der Waals surface area contributed by atoms with Crippen LogP contribution >= 0.6 is 11.3 Å². The minimum absolute atomic E-state index is 0.104. The highest BCUT2D eigenvalue weighted by Gasteiger charge is 2.18. The SMILES string of the molecule is CC(=O)N1CCCN(CCC(=O)Nc2cc(-c3nccs3)nc(-c3ccc(C)o3)n2)CC1. The minimum atomic E-state index is -0.122. The van der Waals surface area contributed by atoms with Gasteiger partial charge in [-0.3, -0.25) is 9.59 Å². The van der Waals surface area contributed by atoms with Crippen molar-refractivity contribution in [2.45, 2.75) is 26.7 Å². The third kappa shape index (κ3) is 5.57. The number of hydrogen-bond donors (Lipinski definition) is 1. The zero-order chi connectivity index (χ0) is 22.5. The maximum absolute atomic E-state index is 12.7. The minimum Gasteiger partial charge on any atom is -0.458 e. The van der Waals surface area contributed by atoms with Crippen molar-refractivity contribution < 1.29 is 14.0 Å². The summed E-state index contributed by atoms with van der Waals surface area (Å²) in [7, 11) is 0. The molecule has 0 aliphatic carbocycles. The molecule has 0 aromatic carbocycles. The van der Waals surface area contributed by atoms with Crippen LogP contribution in [0, 0.1) is 6.92 Å². The molecule has 1 saturated heterocycles. The van der Waals surface area contributed by atoms with Crippen molar-refractivity contribution in [1.29, 1.82) is 0 Å². The second kappa shape index (κ2) is 10.0. The van der Waals surface area contributed by atoms with Crippen LogP contribution in [-0.4, -0.2) is 69.3 Å². The van der Waals surface area contributed by atoms with E-state index >= 15 is 0 Å². The Labute approximate surface area is 190 Å². The fourth-order valence-electron chi connectivity index (χ4n) is 3.61. The van der Waals surface area contributed by atoms with E-state index in [0.29, 0.717) is 42.6 Å². The summed E-state index contributed by atoms with van der Waals surface area (Å²) in [5.74, 6) is 2.09. The first-order valence-corrected chi connectivity index (χ1v) is 11.5. The number of aryl methyl sites for hydroxylation is 1. The summed E-state index contributed by atoms with van der Waals surface area (Å²) in [4.78, 5) is 41.7. The van der Waals surface area contributed by atoms with Crippen molar-refractivity contribution in [3.05, 3.63) is 35.5 Å². The van der Waals surface area contributed by atoms with Gasteiger partial charge in [-0.05, 0) is 32.0 Å². The van der Waals surface area contributed by atoms with Crippen LogP contribution in [0.1, 0.15) is 25.5 Å². The molecule has 9 nitrogen and oxygen atoms in total. The van der Waals surface area contributed by atoms with Gasteiger partial charge in [-0.25, -0.2) is 15.0 Å². The highest BCUT2D eigenvalue weighted by Crippen LogP contribution is 2.26. The molecular formula is C22H26N6O3S. The second-order valence-electron chi connectivity index (χ2n) is 7.71. The van der Waals surface area contributed by atoms with Crippen LogP contribution in [0.25, 0.3) is 22.3 Å². The van der Waals surface area contributed by atoms with Gasteiger partial charge in [-0.2, -0.15) is 0 Å². The number of carbonyl (C=O) groups is 2. The molecule has 1 aliphatic heterocycles. The second-order valence-corrected chi connectivity index (χ2v) is 8.60. The van der Waals surface area contributed by atoms with E-state index in [1.54, 1.807) is 19.2 Å². The number of furan rings is 1. The Bertz CT molecular complexity index is 1080. The number of thiazole rings is 1. The van der Waals surface area contributed by atoms with Crippen molar-refractivity contribution in [2.24, 2.45) is 0 Å². The quantitative estimate of drug-likeness (QED) is 0.610. The summed E-state index contributed by atoms with van der Waals surface area (Å²) >= 11 is 1.47. The summed E-state index contributed by atoms with van der Waals surface area (Å²) < 4.78 is 5.68. The van der Waals surface area contributed by atoms with Crippen molar-refractivity contribution >= 4 is 29.0 Å². The number of nitrogens with one attached hydrogen (secondary N) is 1. The standard InChI is InChI=1S/C22H26N6O3S/c1-15-4-5-18(31-15)21-24-17(22-23-7-13-32-22)14-19(26-21)25-20(30)6-10-27-8-3-9-28(12-11-27)16(2)29/h4-5,7,13-14H,3,6,8-12H2,1-2H3,(H,24,25,26,30). The maximum Gasteiger partial charge on any atom is 0.226 e. The summed E-state index contributed by atoms with van der Waals surface area (Å²) in [5.41, 5.74) is 0.631. The first-order valence-electron chi connectivity index (χ1n) is 10.6. The molecule has 0 unspecified atom stereocenters. The lowest BCUT2D eigenvalue weighted by molar-refractivity contribution is -0.128. The lowest BCUT2D eigenvalue weighted by Gasteiger charge is -2.20. The van der Waals surface area contributed by atoms with E-state index in [1.165, 1.54) is 11.3 Å². The van der Waals surface area contributed by atoms with Crippen molar-refractivity contribution in [2.75, 3.05) is 38.0 Å². The predicted molar refractivity (Wildman–Crippen MR) is 122 cm³/mol. The van der Waals surface area contributed by atoms with E-state index in [1.807, 2.05) is 29.3 Å². The third-order valence-corrected chi connectivity index (χ3v) is 6.09. The molecule has 0 spiro atoms.